The molecule has 0 unspecified atom stereocenters. The van der Waals surface area contributed by atoms with Crippen LogP contribution in [0.5, 0.6) is 0 Å². The molecule has 0 amide bonds. The zero-order chi connectivity index (χ0) is 44.3. The van der Waals surface area contributed by atoms with Crippen LogP contribution in [-0.2, 0) is 0 Å². The second-order valence-electron chi connectivity index (χ2n) is 16.6. The highest BCUT2D eigenvalue weighted by Gasteiger charge is 2.20. The molecular weight excluding hydrogens is 821 g/mol. The van der Waals surface area contributed by atoms with Gasteiger partial charge in [-0.2, -0.15) is 0 Å². The van der Waals surface area contributed by atoms with Gasteiger partial charge in [0.05, 0.1) is 0 Å². The van der Waals surface area contributed by atoms with Crippen molar-refractivity contribution in [2.24, 2.45) is 0 Å². The van der Waals surface area contributed by atoms with E-state index in [4.69, 9.17) is 34.3 Å². The van der Waals surface area contributed by atoms with Crippen molar-refractivity contribution in [1.82, 2.24) is 29.9 Å². The number of hydrogen-bond acceptors (Lipinski definition) is 7. The smallest absolute Gasteiger partial charge is 0.164 e. The van der Waals surface area contributed by atoms with Crippen LogP contribution in [0.3, 0.4) is 0 Å². The lowest BCUT2D eigenvalue weighted by Crippen LogP contribution is -2.00. The van der Waals surface area contributed by atoms with E-state index in [1.54, 1.807) is 0 Å². The number of hydrogen-bond donors (Lipinski definition) is 0. The third kappa shape index (κ3) is 6.76. The van der Waals surface area contributed by atoms with Crippen molar-refractivity contribution in [2.45, 2.75) is 0 Å². The summed E-state index contributed by atoms with van der Waals surface area (Å²) in [6, 6.07) is 74.9. The molecule has 13 rings (SSSR count). The number of nitrogens with zero attached hydrogens (tertiary/aromatic N) is 6. The molecule has 0 fully saturated rings. The van der Waals surface area contributed by atoms with Crippen LogP contribution in [-0.4, -0.2) is 29.9 Å². The molecule has 0 saturated heterocycles. The SMILES string of the molecule is c1ccc(-c2nc(-c3ccccc3)nc(-c3ccc4c5ccc(-c6ccc7oc8cccc(-c9nc(-c%10ccccc%10)nc(-c%10ccccc%10)n9)c8c7c6)cc5c5ccccc5c4c3)n2)cc1. The Morgan fingerprint density at radius 3 is 1.09 bits per heavy atom. The Labute approximate surface area is 384 Å². The van der Waals surface area contributed by atoms with Gasteiger partial charge >= 0.3 is 0 Å². The molecule has 0 aliphatic carbocycles. The van der Waals surface area contributed by atoms with Gasteiger partial charge < -0.3 is 4.42 Å². The van der Waals surface area contributed by atoms with Gasteiger partial charge in [-0.15, -0.1) is 0 Å². The lowest BCUT2D eigenvalue weighted by atomic mass is 9.91. The Bertz CT molecular complexity index is 3890. The summed E-state index contributed by atoms with van der Waals surface area (Å²) in [7, 11) is 0. The first kappa shape index (κ1) is 38.3. The van der Waals surface area contributed by atoms with Crippen molar-refractivity contribution in [3.63, 3.8) is 0 Å². The van der Waals surface area contributed by atoms with Gasteiger partial charge in [0.15, 0.2) is 34.9 Å². The molecule has 3 heterocycles. The Balaban J connectivity index is 0.945. The van der Waals surface area contributed by atoms with Crippen molar-refractivity contribution >= 4 is 54.3 Å². The van der Waals surface area contributed by atoms with Gasteiger partial charge in [0.1, 0.15) is 11.2 Å². The second-order valence-corrected chi connectivity index (χ2v) is 16.6. The minimum atomic E-state index is 0.586. The summed E-state index contributed by atoms with van der Waals surface area (Å²) in [6.07, 6.45) is 0. The molecule has 0 spiro atoms. The standard InChI is InChI=1S/C60H36N6O/c1-5-16-37(17-6-1)55-61-56(38-18-7-2-8-19-38)64-59(63-55)43-29-32-47-46-31-28-41(34-49(46)44-24-13-14-25-45(44)50(47)36-43)42-30-33-52-51(35-42)54-48(26-15-27-53(54)67-52)60-65-57(39-20-9-3-10-21-39)62-58(66-60)40-22-11-4-12-23-40/h1-36H. The van der Waals surface area contributed by atoms with Crippen LogP contribution in [0.25, 0.3) is 134 Å². The average Bonchev–Trinajstić information content (AvgIpc) is 3.80. The van der Waals surface area contributed by atoms with Gasteiger partial charge in [0.25, 0.3) is 0 Å². The van der Waals surface area contributed by atoms with Gasteiger partial charge in [-0.25, -0.2) is 29.9 Å². The summed E-state index contributed by atoms with van der Waals surface area (Å²) in [4.78, 5) is 30.1. The fourth-order valence-corrected chi connectivity index (χ4v) is 9.33. The van der Waals surface area contributed by atoms with Crippen LogP contribution in [0, 0.1) is 0 Å². The minimum absolute atomic E-state index is 0.586. The lowest BCUT2D eigenvalue weighted by molar-refractivity contribution is 0.669. The Hall–Kier alpha value is -9.20. The van der Waals surface area contributed by atoms with Gasteiger partial charge in [0.2, 0.25) is 0 Å². The van der Waals surface area contributed by atoms with Gasteiger partial charge in [-0.3, -0.25) is 0 Å². The molecule has 3 aromatic heterocycles. The number of rotatable bonds is 7. The highest BCUT2D eigenvalue weighted by Crippen LogP contribution is 2.42. The second kappa shape index (κ2) is 15.8. The van der Waals surface area contributed by atoms with E-state index in [9.17, 15) is 0 Å². The van der Waals surface area contributed by atoms with Crippen LogP contribution in [0.1, 0.15) is 0 Å². The Morgan fingerprint density at radius 2 is 0.597 bits per heavy atom. The minimum Gasteiger partial charge on any atom is -0.456 e. The van der Waals surface area contributed by atoms with Crippen molar-refractivity contribution < 1.29 is 4.42 Å². The van der Waals surface area contributed by atoms with E-state index in [2.05, 4.69) is 84.9 Å². The fraction of sp³-hybridized carbons (Fsp3) is 0. The summed E-state index contributed by atoms with van der Waals surface area (Å²) in [5.41, 5.74) is 9.28. The summed E-state index contributed by atoms with van der Waals surface area (Å²) < 4.78 is 6.53. The Kier molecular flexibility index (Phi) is 9.03. The van der Waals surface area contributed by atoms with E-state index in [1.165, 1.54) is 16.2 Å². The maximum absolute atomic E-state index is 6.53. The summed E-state index contributed by atoms with van der Waals surface area (Å²) in [5, 5.41) is 8.93. The van der Waals surface area contributed by atoms with E-state index >= 15 is 0 Å². The van der Waals surface area contributed by atoms with E-state index in [0.29, 0.717) is 34.9 Å². The van der Waals surface area contributed by atoms with Gasteiger partial charge in [0, 0.05) is 44.2 Å². The molecule has 0 aliphatic rings. The number of fused-ring (bicyclic) bond motifs is 9. The quantitative estimate of drug-likeness (QED) is 0.147. The first-order chi connectivity index (χ1) is 33.2. The van der Waals surface area contributed by atoms with Crippen LogP contribution in [0.4, 0.5) is 0 Å². The van der Waals surface area contributed by atoms with Crippen molar-refractivity contribution in [1.29, 1.82) is 0 Å². The third-order valence-electron chi connectivity index (χ3n) is 12.6. The topological polar surface area (TPSA) is 90.5 Å². The van der Waals surface area contributed by atoms with Crippen LogP contribution < -0.4 is 0 Å². The van der Waals surface area contributed by atoms with Crippen molar-refractivity contribution in [3.8, 4) is 79.5 Å². The fourth-order valence-electron chi connectivity index (χ4n) is 9.33. The number of aromatic nitrogens is 6. The molecule has 0 radical (unpaired) electrons. The van der Waals surface area contributed by atoms with E-state index in [0.717, 1.165) is 82.6 Å². The van der Waals surface area contributed by atoms with Crippen LogP contribution in [0.2, 0.25) is 0 Å². The number of benzene rings is 10. The third-order valence-corrected chi connectivity index (χ3v) is 12.6. The predicted octanol–water partition coefficient (Wildman–Crippen LogP) is 15.1. The van der Waals surface area contributed by atoms with Gasteiger partial charge in [-0.05, 0) is 73.8 Å². The number of furan rings is 1. The molecule has 0 bridgehead atoms. The lowest BCUT2D eigenvalue weighted by Gasteiger charge is -2.14. The maximum atomic E-state index is 6.53. The summed E-state index contributed by atoms with van der Waals surface area (Å²) in [6.45, 7) is 0. The monoisotopic (exact) mass is 856 g/mol. The highest BCUT2D eigenvalue weighted by atomic mass is 16.3. The highest BCUT2D eigenvalue weighted by molar-refractivity contribution is 6.26. The molecule has 0 N–H and O–H groups in total. The van der Waals surface area contributed by atoms with Crippen LogP contribution >= 0.6 is 0 Å². The normalized spacial score (nSPS) is 11.6. The average molecular weight is 857 g/mol. The first-order valence-corrected chi connectivity index (χ1v) is 22.3. The zero-order valence-corrected chi connectivity index (χ0v) is 35.9. The Morgan fingerprint density at radius 1 is 0.224 bits per heavy atom. The summed E-state index contributed by atoms with van der Waals surface area (Å²) >= 11 is 0. The van der Waals surface area contributed by atoms with E-state index in [-0.39, 0.29) is 0 Å². The van der Waals surface area contributed by atoms with Gasteiger partial charge in [-0.1, -0.05) is 188 Å². The molecule has 67 heavy (non-hydrogen) atoms. The first-order valence-electron chi connectivity index (χ1n) is 22.3. The molecule has 0 saturated carbocycles. The van der Waals surface area contributed by atoms with E-state index < -0.39 is 0 Å². The summed E-state index contributed by atoms with van der Waals surface area (Å²) in [5.74, 6) is 3.71. The molecule has 7 heteroatoms. The predicted molar refractivity (Wildman–Crippen MR) is 271 cm³/mol. The largest absolute Gasteiger partial charge is 0.456 e. The molecule has 0 atom stereocenters. The zero-order valence-electron chi connectivity index (χ0n) is 35.9. The van der Waals surface area contributed by atoms with Crippen molar-refractivity contribution in [3.05, 3.63) is 218 Å². The van der Waals surface area contributed by atoms with Crippen LogP contribution in [0.15, 0.2) is 223 Å². The molecule has 10 aromatic carbocycles. The molecular formula is C60H36N6O. The van der Waals surface area contributed by atoms with E-state index in [1.807, 2.05) is 133 Å². The molecule has 312 valence electrons. The van der Waals surface area contributed by atoms with Crippen molar-refractivity contribution in [2.75, 3.05) is 0 Å². The molecule has 7 nitrogen and oxygen atoms in total. The molecule has 0 aliphatic heterocycles. The molecule has 13 aromatic rings. The maximum Gasteiger partial charge on any atom is 0.164 e.